The number of ether oxygens (including phenoxy) is 1. The van der Waals surface area contributed by atoms with Gasteiger partial charge < -0.3 is 15.0 Å². The molecule has 0 radical (unpaired) electrons. The number of carbonyl (C=O) groups excluding carboxylic acids is 2. The van der Waals surface area contributed by atoms with Gasteiger partial charge in [0.15, 0.2) is 0 Å². The molecular formula is C31H39N3O5S. The Morgan fingerprint density at radius 3 is 2.15 bits per heavy atom. The van der Waals surface area contributed by atoms with Crippen LogP contribution >= 0.6 is 0 Å². The minimum atomic E-state index is -4.11. The van der Waals surface area contributed by atoms with Crippen molar-refractivity contribution in [2.75, 3.05) is 24.5 Å². The lowest BCUT2D eigenvalue weighted by molar-refractivity contribution is -0.139. The molecular weight excluding hydrogens is 526 g/mol. The van der Waals surface area contributed by atoms with Gasteiger partial charge in [0.2, 0.25) is 11.8 Å². The van der Waals surface area contributed by atoms with Crippen LogP contribution in [0.25, 0.3) is 0 Å². The largest absolute Gasteiger partial charge is 0.497 e. The summed E-state index contributed by atoms with van der Waals surface area (Å²) in [6.07, 6.45) is 0.750. The maximum absolute atomic E-state index is 14.0. The zero-order chi connectivity index (χ0) is 29.4. The van der Waals surface area contributed by atoms with Gasteiger partial charge in [0.25, 0.3) is 10.0 Å². The van der Waals surface area contributed by atoms with Crippen molar-refractivity contribution >= 4 is 27.5 Å². The van der Waals surface area contributed by atoms with E-state index in [4.69, 9.17) is 4.74 Å². The molecule has 214 valence electrons. The fourth-order valence-electron chi connectivity index (χ4n) is 4.25. The molecule has 3 rings (SSSR count). The Morgan fingerprint density at radius 1 is 0.925 bits per heavy atom. The molecule has 9 heteroatoms. The van der Waals surface area contributed by atoms with Crippen molar-refractivity contribution in [3.8, 4) is 5.75 Å². The molecule has 0 bridgehead atoms. The van der Waals surface area contributed by atoms with Crippen LogP contribution in [0.1, 0.15) is 42.5 Å². The van der Waals surface area contributed by atoms with Crippen molar-refractivity contribution in [2.24, 2.45) is 0 Å². The van der Waals surface area contributed by atoms with Crippen LogP contribution < -0.4 is 14.4 Å². The van der Waals surface area contributed by atoms with Gasteiger partial charge in [0.1, 0.15) is 18.3 Å². The molecule has 0 spiro atoms. The number of anilines is 1. The van der Waals surface area contributed by atoms with E-state index in [1.54, 1.807) is 56.5 Å². The lowest BCUT2D eigenvalue weighted by Gasteiger charge is -2.32. The number of sulfonamides is 1. The van der Waals surface area contributed by atoms with Crippen molar-refractivity contribution in [1.29, 1.82) is 0 Å². The number of aryl methyl sites for hydroxylation is 3. The first-order valence-corrected chi connectivity index (χ1v) is 14.8. The van der Waals surface area contributed by atoms with Gasteiger partial charge in [0, 0.05) is 13.1 Å². The minimum absolute atomic E-state index is 0.0854. The second kappa shape index (κ2) is 13.5. The molecule has 0 saturated carbocycles. The highest BCUT2D eigenvalue weighted by molar-refractivity contribution is 7.92. The van der Waals surface area contributed by atoms with Crippen LogP contribution in [0.3, 0.4) is 0 Å². The SMILES string of the molecule is CCCNC(=O)[C@@H](C)N(Cc1ccc(OC)cc1)C(=O)CN(c1cc(C)ccc1C)S(=O)(=O)c1ccc(C)cc1. The van der Waals surface area contributed by atoms with E-state index in [9.17, 15) is 18.0 Å². The Morgan fingerprint density at radius 2 is 1.55 bits per heavy atom. The average Bonchev–Trinajstić information content (AvgIpc) is 2.94. The number of hydrogen-bond donors (Lipinski definition) is 1. The number of methoxy groups -OCH3 is 1. The Kier molecular flexibility index (Phi) is 10.3. The van der Waals surface area contributed by atoms with Crippen molar-refractivity contribution in [1.82, 2.24) is 10.2 Å². The quantitative estimate of drug-likeness (QED) is 0.342. The monoisotopic (exact) mass is 565 g/mol. The van der Waals surface area contributed by atoms with E-state index in [0.29, 0.717) is 23.5 Å². The van der Waals surface area contributed by atoms with Crippen LogP contribution in [0.15, 0.2) is 71.6 Å². The Bertz CT molecular complexity index is 1420. The molecule has 0 unspecified atom stereocenters. The zero-order valence-corrected chi connectivity index (χ0v) is 24.9. The molecule has 1 N–H and O–H groups in total. The molecule has 1 atom stereocenters. The van der Waals surface area contributed by atoms with E-state index in [2.05, 4.69) is 5.32 Å². The molecule has 3 aromatic carbocycles. The fraction of sp³-hybridized carbons (Fsp3) is 0.355. The highest BCUT2D eigenvalue weighted by atomic mass is 32.2. The molecule has 0 aliphatic heterocycles. The number of amides is 2. The summed E-state index contributed by atoms with van der Waals surface area (Å²) in [5.74, 6) is -0.129. The summed E-state index contributed by atoms with van der Waals surface area (Å²) in [5, 5.41) is 2.85. The first-order valence-electron chi connectivity index (χ1n) is 13.3. The number of nitrogens with one attached hydrogen (secondary N) is 1. The Balaban J connectivity index is 2.05. The van der Waals surface area contributed by atoms with Crippen LogP contribution in [-0.4, -0.2) is 51.4 Å². The number of hydrogen-bond acceptors (Lipinski definition) is 5. The minimum Gasteiger partial charge on any atom is -0.497 e. The van der Waals surface area contributed by atoms with Crippen LogP contribution in [0.2, 0.25) is 0 Å². The summed E-state index contributed by atoms with van der Waals surface area (Å²) >= 11 is 0. The van der Waals surface area contributed by atoms with E-state index in [-0.39, 0.29) is 17.3 Å². The topological polar surface area (TPSA) is 96.0 Å². The van der Waals surface area contributed by atoms with E-state index < -0.39 is 28.5 Å². The first kappa shape index (κ1) is 30.7. The number of rotatable bonds is 12. The van der Waals surface area contributed by atoms with Crippen LogP contribution in [0.4, 0.5) is 5.69 Å². The third-order valence-electron chi connectivity index (χ3n) is 6.75. The van der Waals surface area contributed by atoms with Gasteiger partial charge in [-0.3, -0.25) is 13.9 Å². The molecule has 40 heavy (non-hydrogen) atoms. The van der Waals surface area contributed by atoms with Crippen molar-refractivity contribution in [3.05, 3.63) is 89.0 Å². The molecule has 0 aliphatic carbocycles. The summed E-state index contributed by atoms with van der Waals surface area (Å²) in [4.78, 5) is 28.5. The highest BCUT2D eigenvalue weighted by Gasteiger charge is 2.33. The average molecular weight is 566 g/mol. The van der Waals surface area contributed by atoms with Gasteiger partial charge in [-0.25, -0.2) is 8.42 Å². The predicted molar refractivity (Wildman–Crippen MR) is 158 cm³/mol. The van der Waals surface area contributed by atoms with Gasteiger partial charge in [-0.1, -0.05) is 48.9 Å². The van der Waals surface area contributed by atoms with Crippen LogP contribution in [0, 0.1) is 20.8 Å². The Hall–Kier alpha value is -3.85. The molecule has 0 aromatic heterocycles. The molecule has 0 saturated heterocycles. The van der Waals surface area contributed by atoms with E-state index in [0.717, 1.165) is 27.4 Å². The lowest BCUT2D eigenvalue weighted by Crippen LogP contribution is -2.51. The summed E-state index contributed by atoms with van der Waals surface area (Å²) in [6.45, 7) is 9.29. The fourth-order valence-corrected chi connectivity index (χ4v) is 5.72. The molecule has 2 amide bonds. The summed E-state index contributed by atoms with van der Waals surface area (Å²) in [6, 6.07) is 18.4. The second-order valence-corrected chi connectivity index (χ2v) is 11.8. The third-order valence-corrected chi connectivity index (χ3v) is 8.52. The van der Waals surface area contributed by atoms with Gasteiger partial charge in [0.05, 0.1) is 17.7 Å². The number of carbonyl (C=O) groups is 2. The summed E-state index contributed by atoms with van der Waals surface area (Å²) in [7, 11) is -2.54. The van der Waals surface area contributed by atoms with E-state index >= 15 is 0 Å². The predicted octanol–water partition coefficient (Wildman–Crippen LogP) is 4.76. The second-order valence-electron chi connectivity index (χ2n) is 9.95. The smallest absolute Gasteiger partial charge is 0.264 e. The summed E-state index contributed by atoms with van der Waals surface area (Å²) < 4.78 is 34.4. The molecule has 3 aromatic rings. The standard InChI is InChI=1S/C31H39N3O5S/c1-7-18-32-31(36)25(5)33(20-26-12-14-27(39-6)15-13-26)30(35)21-34(29-19-23(3)8-11-24(29)4)40(37,38)28-16-9-22(2)10-17-28/h8-17,19,25H,7,18,20-21H2,1-6H3,(H,32,36)/t25-/m1/s1. The van der Waals surface area contributed by atoms with Crippen LogP contribution in [-0.2, 0) is 26.2 Å². The van der Waals surface area contributed by atoms with E-state index in [1.807, 2.05) is 52.0 Å². The van der Waals surface area contributed by atoms with Crippen molar-refractivity contribution in [2.45, 2.75) is 58.5 Å². The van der Waals surface area contributed by atoms with E-state index in [1.165, 1.54) is 4.90 Å². The maximum atomic E-state index is 14.0. The molecule has 0 heterocycles. The normalized spacial score (nSPS) is 11.9. The lowest BCUT2D eigenvalue weighted by atomic mass is 10.1. The zero-order valence-electron chi connectivity index (χ0n) is 24.1. The van der Waals surface area contributed by atoms with Crippen molar-refractivity contribution in [3.63, 3.8) is 0 Å². The van der Waals surface area contributed by atoms with Gasteiger partial charge in [-0.15, -0.1) is 0 Å². The first-order chi connectivity index (χ1) is 19.0. The van der Waals surface area contributed by atoms with Gasteiger partial charge in [-0.2, -0.15) is 0 Å². The summed E-state index contributed by atoms with van der Waals surface area (Å²) in [5.41, 5.74) is 3.69. The molecule has 0 fully saturated rings. The third kappa shape index (κ3) is 7.41. The molecule has 8 nitrogen and oxygen atoms in total. The van der Waals surface area contributed by atoms with Crippen LogP contribution in [0.5, 0.6) is 5.75 Å². The number of nitrogens with zero attached hydrogens (tertiary/aromatic N) is 2. The Labute approximate surface area is 238 Å². The van der Waals surface area contributed by atoms with Gasteiger partial charge >= 0.3 is 0 Å². The van der Waals surface area contributed by atoms with Gasteiger partial charge in [-0.05, 0) is 81.1 Å². The molecule has 0 aliphatic rings. The van der Waals surface area contributed by atoms with Crippen molar-refractivity contribution < 1.29 is 22.7 Å². The number of benzene rings is 3. The maximum Gasteiger partial charge on any atom is 0.264 e. The highest BCUT2D eigenvalue weighted by Crippen LogP contribution is 2.29.